The van der Waals surface area contributed by atoms with Gasteiger partial charge in [-0.1, -0.05) is 43.2 Å². The molecular formula is C12H17BN2. The summed E-state index contributed by atoms with van der Waals surface area (Å²) in [5, 5.41) is 7.40. The molecule has 2 atom stereocenters. The Hall–Kier alpha value is -0.795. The van der Waals surface area contributed by atoms with Crippen LogP contribution in [-0.2, 0) is 0 Å². The Balaban J connectivity index is 1.75. The van der Waals surface area contributed by atoms with Crippen LogP contribution >= 0.6 is 0 Å². The highest BCUT2D eigenvalue weighted by atomic mass is 15.1. The first kappa shape index (κ1) is 9.43. The smallest absolute Gasteiger partial charge is 0.334 e. The van der Waals surface area contributed by atoms with Crippen LogP contribution in [0.3, 0.4) is 0 Å². The predicted molar refractivity (Wildman–Crippen MR) is 64.1 cm³/mol. The summed E-state index contributed by atoms with van der Waals surface area (Å²) in [4.78, 5) is 0. The lowest BCUT2D eigenvalue weighted by Gasteiger charge is -2.24. The molecule has 0 unspecified atom stereocenters. The lowest BCUT2D eigenvalue weighted by atomic mass is 9.69. The van der Waals surface area contributed by atoms with E-state index in [1.165, 1.54) is 31.1 Å². The Bertz CT molecular complexity index is 314. The second-order valence-corrected chi connectivity index (χ2v) is 4.67. The first-order chi connectivity index (χ1) is 7.43. The molecule has 1 aromatic rings. The van der Waals surface area contributed by atoms with Gasteiger partial charge in [-0.2, -0.15) is 0 Å². The van der Waals surface area contributed by atoms with E-state index in [0.717, 1.165) is 0 Å². The van der Waals surface area contributed by atoms with Crippen molar-refractivity contribution in [3.63, 3.8) is 0 Å². The summed E-state index contributed by atoms with van der Waals surface area (Å²) in [7, 11) is 0. The quantitative estimate of drug-likeness (QED) is 0.657. The number of hydrogen-bond acceptors (Lipinski definition) is 2. The summed E-state index contributed by atoms with van der Waals surface area (Å²) in [5.74, 6) is 0. The SMILES string of the molecule is c1ccc(B2N[C@@H]3CCCC[C@H]3N2)cc1. The van der Waals surface area contributed by atoms with Crippen molar-refractivity contribution in [2.45, 2.75) is 37.8 Å². The van der Waals surface area contributed by atoms with Crippen molar-refractivity contribution in [1.82, 2.24) is 10.5 Å². The first-order valence-corrected chi connectivity index (χ1v) is 6.00. The first-order valence-electron chi connectivity index (χ1n) is 6.00. The van der Waals surface area contributed by atoms with Crippen molar-refractivity contribution >= 4 is 12.4 Å². The van der Waals surface area contributed by atoms with Gasteiger partial charge < -0.3 is 10.5 Å². The minimum absolute atomic E-state index is 0.374. The zero-order chi connectivity index (χ0) is 10.1. The van der Waals surface area contributed by atoms with E-state index in [9.17, 15) is 0 Å². The molecule has 0 aromatic heterocycles. The highest BCUT2D eigenvalue weighted by Gasteiger charge is 2.37. The predicted octanol–water partition coefficient (Wildman–Crippen LogP) is 0.886. The van der Waals surface area contributed by atoms with E-state index in [1.54, 1.807) is 0 Å². The standard InChI is InChI=1S/C12H17BN2/c1-2-6-10(7-3-1)13-14-11-8-4-5-9-12(11)15-13/h1-3,6-7,11-12,14-15H,4-5,8-9H2/t11-,12-/m1/s1. The van der Waals surface area contributed by atoms with Crippen LogP contribution in [0.1, 0.15) is 25.7 Å². The average Bonchev–Trinajstić information content (AvgIpc) is 2.74. The molecule has 2 N–H and O–H groups in total. The van der Waals surface area contributed by atoms with Gasteiger partial charge in [0.15, 0.2) is 0 Å². The van der Waals surface area contributed by atoms with Gasteiger partial charge in [0.1, 0.15) is 0 Å². The van der Waals surface area contributed by atoms with E-state index in [1.807, 2.05) is 0 Å². The average molecular weight is 200 g/mol. The molecule has 2 nitrogen and oxygen atoms in total. The van der Waals surface area contributed by atoms with Crippen LogP contribution in [0.5, 0.6) is 0 Å². The van der Waals surface area contributed by atoms with Crippen molar-refractivity contribution < 1.29 is 0 Å². The summed E-state index contributed by atoms with van der Waals surface area (Å²) in [5.41, 5.74) is 1.37. The van der Waals surface area contributed by atoms with Gasteiger partial charge in [0.2, 0.25) is 0 Å². The van der Waals surface area contributed by atoms with Crippen molar-refractivity contribution in [3.8, 4) is 0 Å². The second kappa shape index (κ2) is 3.99. The van der Waals surface area contributed by atoms with Crippen molar-refractivity contribution in [1.29, 1.82) is 0 Å². The number of nitrogens with one attached hydrogen (secondary N) is 2. The summed E-state index contributed by atoms with van der Waals surface area (Å²) < 4.78 is 0. The minimum Gasteiger partial charge on any atom is -0.334 e. The third-order valence-electron chi connectivity index (χ3n) is 3.66. The van der Waals surface area contributed by atoms with Gasteiger partial charge in [0.05, 0.1) is 0 Å². The van der Waals surface area contributed by atoms with Crippen LogP contribution in [-0.4, -0.2) is 19.1 Å². The minimum atomic E-state index is 0.374. The Kier molecular flexibility index (Phi) is 2.51. The van der Waals surface area contributed by atoms with Crippen LogP contribution in [0.25, 0.3) is 0 Å². The van der Waals surface area contributed by atoms with E-state index >= 15 is 0 Å². The van der Waals surface area contributed by atoms with E-state index in [0.29, 0.717) is 19.1 Å². The largest absolute Gasteiger partial charge is 0.341 e. The lowest BCUT2D eigenvalue weighted by Crippen LogP contribution is -2.49. The fourth-order valence-corrected chi connectivity index (χ4v) is 2.84. The highest BCUT2D eigenvalue weighted by Crippen LogP contribution is 2.21. The van der Waals surface area contributed by atoms with Crippen LogP contribution in [0.4, 0.5) is 0 Å². The fraction of sp³-hybridized carbons (Fsp3) is 0.500. The summed E-state index contributed by atoms with van der Waals surface area (Å²) >= 11 is 0. The molecule has 3 rings (SSSR count). The maximum atomic E-state index is 3.70. The van der Waals surface area contributed by atoms with Gasteiger partial charge in [0, 0.05) is 12.1 Å². The van der Waals surface area contributed by atoms with E-state index in [-0.39, 0.29) is 0 Å². The summed E-state index contributed by atoms with van der Waals surface area (Å²) in [6.07, 6.45) is 5.44. The molecule has 2 aliphatic rings. The molecule has 1 saturated carbocycles. The molecular weight excluding hydrogens is 183 g/mol. The topological polar surface area (TPSA) is 24.1 Å². The van der Waals surface area contributed by atoms with Crippen molar-refractivity contribution in [2.75, 3.05) is 0 Å². The van der Waals surface area contributed by atoms with Gasteiger partial charge in [-0.05, 0) is 18.3 Å². The molecule has 15 heavy (non-hydrogen) atoms. The van der Waals surface area contributed by atoms with E-state index < -0.39 is 0 Å². The lowest BCUT2D eigenvalue weighted by molar-refractivity contribution is 0.374. The maximum Gasteiger partial charge on any atom is 0.341 e. The number of benzene rings is 1. The highest BCUT2D eigenvalue weighted by molar-refractivity contribution is 6.69. The van der Waals surface area contributed by atoms with E-state index in [2.05, 4.69) is 40.8 Å². The molecule has 0 spiro atoms. The van der Waals surface area contributed by atoms with Gasteiger partial charge in [-0.3, -0.25) is 0 Å². The van der Waals surface area contributed by atoms with Crippen LogP contribution in [0.2, 0.25) is 0 Å². The molecule has 78 valence electrons. The normalized spacial score (nSPS) is 30.3. The van der Waals surface area contributed by atoms with Crippen LogP contribution < -0.4 is 15.9 Å². The zero-order valence-corrected chi connectivity index (χ0v) is 8.95. The summed E-state index contributed by atoms with van der Waals surface area (Å²) in [6, 6.07) is 12.1. The van der Waals surface area contributed by atoms with Crippen molar-refractivity contribution in [2.24, 2.45) is 0 Å². The van der Waals surface area contributed by atoms with Crippen LogP contribution in [0.15, 0.2) is 30.3 Å². The van der Waals surface area contributed by atoms with Gasteiger partial charge >= 0.3 is 6.98 Å². The Morgan fingerprint density at radius 3 is 2.13 bits per heavy atom. The molecule has 0 radical (unpaired) electrons. The number of hydrogen-bond donors (Lipinski definition) is 2. The van der Waals surface area contributed by atoms with Crippen molar-refractivity contribution in [3.05, 3.63) is 30.3 Å². The molecule has 1 aromatic carbocycles. The molecule has 1 heterocycles. The molecule has 1 aliphatic heterocycles. The maximum absolute atomic E-state index is 3.70. The van der Waals surface area contributed by atoms with Gasteiger partial charge in [-0.25, -0.2) is 0 Å². The second-order valence-electron chi connectivity index (χ2n) is 4.67. The molecule has 0 bridgehead atoms. The molecule has 1 aliphatic carbocycles. The molecule has 2 fully saturated rings. The summed E-state index contributed by atoms with van der Waals surface area (Å²) in [6.45, 7) is 0.374. The molecule has 3 heteroatoms. The Morgan fingerprint density at radius 1 is 0.933 bits per heavy atom. The third-order valence-corrected chi connectivity index (χ3v) is 3.66. The molecule has 0 amide bonds. The molecule has 1 saturated heterocycles. The fourth-order valence-electron chi connectivity index (χ4n) is 2.84. The van der Waals surface area contributed by atoms with Crippen LogP contribution in [0, 0.1) is 0 Å². The monoisotopic (exact) mass is 200 g/mol. The van der Waals surface area contributed by atoms with Gasteiger partial charge in [0.25, 0.3) is 0 Å². The number of rotatable bonds is 1. The van der Waals surface area contributed by atoms with E-state index in [4.69, 9.17) is 0 Å². The zero-order valence-electron chi connectivity index (χ0n) is 8.95. The van der Waals surface area contributed by atoms with Gasteiger partial charge in [-0.15, -0.1) is 0 Å². The third kappa shape index (κ3) is 1.82. The Morgan fingerprint density at radius 2 is 1.53 bits per heavy atom. The Labute approximate surface area is 91.6 Å². The number of fused-ring (bicyclic) bond motifs is 1.